The number of nitrogens with one attached hydrogen (secondary N) is 2. The molecule has 0 saturated carbocycles. The summed E-state index contributed by atoms with van der Waals surface area (Å²) in [5.74, 6) is 0.997. The lowest BCUT2D eigenvalue weighted by Crippen LogP contribution is -2.56. The first-order valence-electron chi connectivity index (χ1n) is 15.6. The Balaban J connectivity index is 1.57. The highest BCUT2D eigenvalue weighted by atomic mass is 16.7. The molecule has 2 aromatic carbocycles. The number of carbonyl (C=O) groups excluding carboxylic acids is 2. The first-order valence-corrected chi connectivity index (χ1v) is 15.6. The molecule has 1 aliphatic heterocycles. The Morgan fingerprint density at radius 3 is 2.14 bits per heavy atom. The van der Waals surface area contributed by atoms with Crippen LogP contribution < -0.4 is 24.8 Å². The molecule has 2 aliphatic rings. The van der Waals surface area contributed by atoms with Crippen molar-refractivity contribution < 1.29 is 33.1 Å². The molecule has 10 heteroatoms. The maximum absolute atomic E-state index is 14.0. The van der Waals surface area contributed by atoms with Crippen molar-refractivity contribution >= 4 is 18.9 Å². The van der Waals surface area contributed by atoms with Crippen LogP contribution in [-0.4, -0.2) is 63.4 Å². The van der Waals surface area contributed by atoms with Gasteiger partial charge in [-0.3, -0.25) is 9.59 Å². The summed E-state index contributed by atoms with van der Waals surface area (Å²) in [5, 5.41) is 6.31. The van der Waals surface area contributed by atoms with Gasteiger partial charge >= 0.3 is 7.12 Å². The second-order valence-corrected chi connectivity index (χ2v) is 13.3. The Morgan fingerprint density at radius 2 is 1.57 bits per heavy atom. The SMILES string of the molecule is COc1cc(OC)c(OC)c2c1CCC(C(=O)N[C@@H](Cc1ccccc1)C(=O)NC(CC(C)C)B1OC(C)(C)C(C)(C)O1)C2. The fraction of sp³-hybridized carbons (Fsp3) is 0.588. The lowest BCUT2D eigenvalue weighted by Gasteiger charge is -2.32. The van der Waals surface area contributed by atoms with Crippen LogP contribution in [0.2, 0.25) is 0 Å². The topological polar surface area (TPSA) is 104 Å². The molecule has 4 rings (SSSR count). The van der Waals surface area contributed by atoms with E-state index in [-0.39, 0.29) is 29.6 Å². The van der Waals surface area contributed by atoms with Crippen LogP contribution in [0.5, 0.6) is 17.2 Å². The zero-order valence-electron chi connectivity index (χ0n) is 27.7. The van der Waals surface area contributed by atoms with Crippen molar-refractivity contribution in [3.05, 3.63) is 53.1 Å². The minimum Gasteiger partial charge on any atom is -0.496 e. The molecule has 2 unspecified atom stereocenters. The van der Waals surface area contributed by atoms with Gasteiger partial charge in [0.2, 0.25) is 11.8 Å². The summed E-state index contributed by atoms with van der Waals surface area (Å²) in [6, 6.07) is 10.8. The highest BCUT2D eigenvalue weighted by Crippen LogP contribution is 2.44. The number of rotatable bonds is 12. The molecule has 1 aliphatic carbocycles. The van der Waals surface area contributed by atoms with Gasteiger partial charge in [-0.25, -0.2) is 0 Å². The lowest BCUT2D eigenvalue weighted by molar-refractivity contribution is -0.131. The molecule has 240 valence electrons. The molecule has 1 saturated heterocycles. The smallest absolute Gasteiger partial charge is 0.481 e. The number of amides is 2. The van der Waals surface area contributed by atoms with Crippen LogP contribution in [0.25, 0.3) is 0 Å². The Kier molecular flexibility index (Phi) is 10.6. The molecule has 0 spiro atoms. The molecule has 44 heavy (non-hydrogen) atoms. The molecule has 1 fully saturated rings. The highest BCUT2D eigenvalue weighted by Gasteiger charge is 2.54. The molecule has 9 nitrogen and oxygen atoms in total. The molecule has 3 atom stereocenters. The predicted octanol–water partition coefficient (Wildman–Crippen LogP) is 4.71. The van der Waals surface area contributed by atoms with Gasteiger partial charge in [-0.15, -0.1) is 0 Å². The van der Waals surface area contributed by atoms with Crippen molar-refractivity contribution in [2.24, 2.45) is 11.8 Å². The molecular weight excluding hydrogens is 559 g/mol. The molecule has 2 N–H and O–H groups in total. The molecule has 0 aromatic heterocycles. The Hall–Kier alpha value is -3.24. The van der Waals surface area contributed by atoms with E-state index in [4.69, 9.17) is 23.5 Å². The van der Waals surface area contributed by atoms with Gasteiger partial charge in [-0.1, -0.05) is 44.2 Å². The third kappa shape index (κ3) is 7.34. The molecular formula is C34H49BN2O7. The van der Waals surface area contributed by atoms with Crippen molar-refractivity contribution in [1.82, 2.24) is 10.6 Å². The van der Waals surface area contributed by atoms with E-state index in [9.17, 15) is 9.59 Å². The van der Waals surface area contributed by atoms with Crippen molar-refractivity contribution in [2.45, 2.75) is 96.8 Å². The molecule has 2 aromatic rings. The summed E-state index contributed by atoms with van der Waals surface area (Å²) in [6.45, 7) is 12.2. The van der Waals surface area contributed by atoms with Crippen LogP contribution in [-0.2, 0) is 38.2 Å². The zero-order valence-corrected chi connectivity index (χ0v) is 27.7. The van der Waals surface area contributed by atoms with Gasteiger partial charge in [0.15, 0.2) is 11.5 Å². The van der Waals surface area contributed by atoms with E-state index < -0.39 is 24.4 Å². The summed E-state index contributed by atoms with van der Waals surface area (Å²) >= 11 is 0. The quantitative estimate of drug-likeness (QED) is 0.337. The zero-order chi connectivity index (χ0) is 32.2. The number of hydrogen-bond donors (Lipinski definition) is 2. The number of methoxy groups -OCH3 is 3. The van der Waals surface area contributed by atoms with Gasteiger partial charge in [0, 0.05) is 29.5 Å². The Bertz CT molecular complexity index is 1280. The normalized spacial score (nSPS) is 20.0. The van der Waals surface area contributed by atoms with Crippen molar-refractivity contribution in [1.29, 1.82) is 0 Å². The van der Waals surface area contributed by atoms with Gasteiger partial charge < -0.3 is 34.2 Å². The Labute approximate surface area is 262 Å². The van der Waals surface area contributed by atoms with E-state index in [0.29, 0.717) is 43.6 Å². The van der Waals surface area contributed by atoms with E-state index in [0.717, 1.165) is 22.4 Å². The summed E-state index contributed by atoms with van der Waals surface area (Å²) in [4.78, 5) is 27.9. The maximum Gasteiger partial charge on any atom is 0.481 e. The van der Waals surface area contributed by atoms with Crippen LogP contribution in [0.3, 0.4) is 0 Å². The monoisotopic (exact) mass is 608 g/mol. The number of benzene rings is 2. The summed E-state index contributed by atoms with van der Waals surface area (Å²) < 4.78 is 29.6. The number of ether oxygens (including phenoxy) is 3. The number of carbonyl (C=O) groups is 2. The average molecular weight is 609 g/mol. The summed E-state index contributed by atoms with van der Waals surface area (Å²) in [5.41, 5.74) is 1.82. The van der Waals surface area contributed by atoms with Crippen molar-refractivity contribution in [3.63, 3.8) is 0 Å². The molecule has 0 bridgehead atoms. The Morgan fingerprint density at radius 1 is 0.932 bits per heavy atom. The standard InChI is InChI=1S/C34H49BN2O7/c1-21(2)17-29(35-43-33(3,4)34(5,6)44-35)37-32(39)26(18-22-13-11-10-12-14-22)36-31(38)23-15-16-24-25(19-23)30(42-9)28(41-8)20-27(24)40-7/h10-14,20-21,23,26,29H,15-19H2,1-9H3,(H,36,38)(H,37,39)/t23?,26-,29?/m0/s1. The van der Waals surface area contributed by atoms with Crippen LogP contribution in [0.1, 0.15) is 71.1 Å². The molecule has 1 heterocycles. The lowest BCUT2D eigenvalue weighted by atomic mass is 9.73. The molecule has 0 radical (unpaired) electrons. The van der Waals surface area contributed by atoms with Crippen molar-refractivity contribution in [3.8, 4) is 17.2 Å². The first-order chi connectivity index (χ1) is 20.8. The summed E-state index contributed by atoms with van der Waals surface area (Å²) in [6.07, 6.45) is 2.72. The van der Waals surface area contributed by atoms with Crippen LogP contribution in [0, 0.1) is 11.8 Å². The maximum atomic E-state index is 14.0. The second-order valence-electron chi connectivity index (χ2n) is 13.3. The first kappa shape index (κ1) is 33.7. The fourth-order valence-corrected chi connectivity index (χ4v) is 6.08. The minimum absolute atomic E-state index is 0.174. The summed E-state index contributed by atoms with van der Waals surface area (Å²) in [7, 11) is 4.21. The highest BCUT2D eigenvalue weighted by molar-refractivity contribution is 6.48. The van der Waals surface area contributed by atoms with E-state index in [1.807, 2.05) is 64.1 Å². The van der Waals surface area contributed by atoms with Gasteiger partial charge in [0.05, 0.1) is 38.5 Å². The van der Waals surface area contributed by atoms with Gasteiger partial charge in [-0.2, -0.15) is 0 Å². The fourth-order valence-electron chi connectivity index (χ4n) is 6.08. The van der Waals surface area contributed by atoms with E-state index in [1.54, 1.807) is 21.3 Å². The number of fused-ring (bicyclic) bond motifs is 1. The minimum atomic E-state index is -0.787. The van der Waals surface area contributed by atoms with Gasteiger partial charge in [-0.05, 0) is 64.9 Å². The van der Waals surface area contributed by atoms with Crippen molar-refractivity contribution in [2.75, 3.05) is 21.3 Å². The van der Waals surface area contributed by atoms with Crippen LogP contribution >= 0.6 is 0 Å². The third-order valence-electron chi connectivity index (χ3n) is 9.20. The van der Waals surface area contributed by atoms with Gasteiger partial charge in [0.25, 0.3) is 0 Å². The third-order valence-corrected chi connectivity index (χ3v) is 9.20. The molecule has 2 amide bonds. The predicted molar refractivity (Wildman–Crippen MR) is 171 cm³/mol. The van der Waals surface area contributed by atoms with Gasteiger partial charge in [0.1, 0.15) is 11.8 Å². The van der Waals surface area contributed by atoms with E-state index in [1.165, 1.54) is 0 Å². The second kappa shape index (κ2) is 13.8. The number of hydrogen-bond acceptors (Lipinski definition) is 7. The van der Waals surface area contributed by atoms with Crippen LogP contribution in [0.15, 0.2) is 36.4 Å². The average Bonchev–Trinajstić information content (AvgIpc) is 3.21. The largest absolute Gasteiger partial charge is 0.496 e. The van der Waals surface area contributed by atoms with Crippen LogP contribution in [0.4, 0.5) is 0 Å². The van der Waals surface area contributed by atoms with E-state index in [2.05, 4.69) is 24.5 Å². The van der Waals surface area contributed by atoms with E-state index >= 15 is 0 Å².